The Bertz CT molecular complexity index is 484. The highest BCUT2D eigenvalue weighted by molar-refractivity contribution is 14.1. The number of halogens is 3. The lowest BCUT2D eigenvalue weighted by molar-refractivity contribution is 0.614. The van der Waals surface area contributed by atoms with Crippen molar-refractivity contribution in [1.29, 1.82) is 0 Å². The van der Waals surface area contributed by atoms with Gasteiger partial charge in [-0.2, -0.15) is 5.10 Å². The highest BCUT2D eigenvalue weighted by Gasteiger charge is 2.09. The maximum absolute atomic E-state index is 13.5. The molecule has 0 saturated carbocycles. The molecule has 0 aliphatic heterocycles. The molecule has 0 unspecified atom stereocenters. The van der Waals surface area contributed by atoms with Crippen molar-refractivity contribution in [1.82, 2.24) is 9.78 Å². The summed E-state index contributed by atoms with van der Waals surface area (Å²) in [5.41, 5.74) is 1.40. The average Bonchev–Trinajstić information content (AvgIpc) is 2.64. The molecule has 78 valence electrons. The van der Waals surface area contributed by atoms with Crippen molar-refractivity contribution < 1.29 is 4.39 Å². The third-order valence-corrected chi connectivity index (χ3v) is 3.14. The average molecular weight is 381 g/mol. The van der Waals surface area contributed by atoms with E-state index in [-0.39, 0.29) is 5.82 Å². The topological polar surface area (TPSA) is 17.8 Å². The standard InChI is InChI=1S/C10H7BrFIN2/c11-4-8-9(12)2-1-3-10(8)15-6-7(13)5-14-15/h1-3,5-6H,4H2. The van der Waals surface area contributed by atoms with Gasteiger partial charge < -0.3 is 0 Å². The molecule has 0 radical (unpaired) electrons. The van der Waals surface area contributed by atoms with Crippen molar-refractivity contribution in [2.24, 2.45) is 0 Å². The van der Waals surface area contributed by atoms with Crippen LogP contribution in [0.3, 0.4) is 0 Å². The molecule has 1 aromatic heterocycles. The Morgan fingerprint density at radius 2 is 2.27 bits per heavy atom. The summed E-state index contributed by atoms with van der Waals surface area (Å²) in [5.74, 6) is -0.213. The van der Waals surface area contributed by atoms with Crippen molar-refractivity contribution in [3.63, 3.8) is 0 Å². The van der Waals surface area contributed by atoms with Crippen LogP contribution in [0.1, 0.15) is 5.56 Å². The summed E-state index contributed by atoms with van der Waals surface area (Å²) in [7, 11) is 0. The molecule has 0 bridgehead atoms. The van der Waals surface area contributed by atoms with Gasteiger partial charge in [0.25, 0.3) is 0 Å². The summed E-state index contributed by atoms with van der Waals surface area (Å²) < 4.78 is 16.2. The van der Waals surface area contributed by atoms with E-state index in [0.717, 1.165) is 9.26 Å². The van der Waals surface area contributed by atoms with Gasteiger partial charge in [0, 0.05) is 17.1 Å². The van der Waals surface area contributed by atoms with Gasteiger partial charge in [-0.1, -0.05) is 22.0 Å². The Morgan fingerprint density at radius 3 is 2.87 bits per heavy atom. The van der Waals surface area contributed by atoms with E-state index >= 15 is 0 Å². The van der Waals surface area contributed by atoms with Gasteiger partial charge in [-0.25, -0.2) is 9.07 Å². The first-order chi connectivity index (χ1) is 7.22. The van der Waals surface area contributed by atoms with E-state index in [9.17, 15) is 4.39 Å². The third kappa shape index (κ3) is 2.23. The zero-order valence-electron chi connectivity index (χ0n) is 7.62. The minimum Gasteiger partial charge on any atom is -0.239 e. The van der Waals surface area contributed by atoms with Gasteiger partial charge in [-0.15, -0.1) is 0 Å². The van der Waals surface area contributed by atoms with Gasteiger partial charge in [0.05, 0.1) is 15.5 Å². The lowest BCUT2D eigenvalue weighted by Crippen LogP contribution is -2.00. The molecule has 2 rings (SSSR count). The number of hydrogen-bond acceptors (Lipinski definition) is 1. The number of benzene rings is 1. The molecule has 0 saturated heterocycles. The SMILES string of the molecule is Fc1cccc(-n2cc(I)cn2)c1CBr. The Labute approximate surface area is 109 Å². The van der Waals surface area contributed by atoms with Crippen LogP contribution in [0.15, 0.2) is 30.6 Å². The van der Waals surface area contributed by atoms with Crippen LogP contribution >= 0.6 is 38.5 Å². The summed E-state index contributed by atoms with van der Waals surface area (Å²) in [4.78, 5) is 0. The number of aromatic nitrogens is 2. The maximum Gasteiger partial charge on any atom is 0.129 e. The largest absolute Gasteiger partial charge is 0.239 e. The highest BCUT2D eigenvalue weighted by Crippen LogP contribution is 2.20. The smallest absolute Gasteiger partial charge is 0.129 e. The van der Waals surface area contributed by atoms with Gasteiger partial charge in [0.1, 0.15) is 5.82 Å². The van der Waals surface area contributed by atoms with Gasteiger partial charge in [0.15, 0.2) is 0 Å². The van der Waals surface area contributed by atoms with Crippen molar-refractivity contribution in [2.75, 3.05) is 0 Å². The van der Waals surface area contributed by atoms with Crippen LogP contribution in [0.4, 0.5) is 4.39 Å². The van der Waals surface area contributed by atoms with Crippen LogP contribution < -0.4 is 0 Å². The van der Waals surface area contributed by atoms with E-state index in [1.807, 2.05) is 12.3 Å². The fraction of sp³-hybridized carbons (Fsp3) is 0.100. The Balaban J connectivity index is 2.57. The first-order valence-electron chi connectivity index (χ1n) is 4.26. The Morgan fingerprint density at radius 1 is 1.47 bits per heavy atom. The van der Waals surface area contributed by atoms with Crippen molar-refractivity contribution in [2.45, 2.75) is 5.33 Å². The van der Waals surface area contributed by atoms with Crippen molar-refractivity contribution in [3.8, 4) is 5.69 Å². The summed E-state index contributed by atoms with van der Waals surface area (Å²) in [5, 5.41) is 4.64. The zero-order chi connectivity index (χ0) is 10.8. The van der Waals surface area contributed by atoms with Gasteiger partial charge in [0.2, 0.25) is 0 Å². The molecular weight excluding hydrogens is 374 g/mol. The maximum atomic E-state index is 13.5. The van der Waals surface area contributed by atoms with Crippen molar-refractivity contribution in [3.05, 3.63) is 45.5 Å². The van der Waals surface area contributed by atoms with E-state index < -0.39 is 0 Å². The molecule has 0 N–H and O–H groups in total. The van der Waals surface area contributed by atoms with Crippen LogP contribution in [0.5, 0.6) is 0 Å². The van der Waals surface area contributed by atoms with Gasteiger partial charge >= 0.3 is 0 Å². The summed E-state index contributed by atoms with van der Waals surface area (Å²) in [6, 6.07) is 4.99. The molecule has 5 heteroatoms. The van der Waals surface area contributed by atoms with Crippen LogP contribution in [-0.2, 0) is 5.33 Å². The number of hydrogen-bond donors (Lipinski definition) is 0. The second kappa shape index (κ2) is 4.61. The number of rotatable bonds is 2. The van der Waals surface area contributed by atoms with E-state index in [4.69, 9.17) is 0 Å². The normalized spacial score (nSPS) is 10.6. The van der Waals surface area contributed by atoms with Gasteiger partial charge in [-0.3, -0.25) is 0 Å². The van der Waals surface area contributed by atoms with E-state index in [1.165, 1.54) is 6.07 Å². The first kappa shape index (κ1) is 11.1. The molecule has 1 heterocycles. The highest BCUT2D eigenvalue weighted by atomic mass is 127. The molecule has 1 aromatic carbocycles. The number of nitrogens with zero attached hydrogens (tertiary/aromatic N) is 2. The minimum atomic E-state index is -0.213. The van der Waals surface area contributed by atoms with Crippen LogP contribution in [0.25, 0.3) is 5.69 Å². The molecule has 0 spiro atoms. The Kier molecular flexibility index (Phi) is 3.40. The monoisotopic (exact) mass is 380 g/mol. The van der Waals surface area contributed by atoms with Gasteiger partial charge in [-0.05, 0) is 34.7 Å². The molecule has 0 fully saturated rings. The fourth-order valence-corrected chi connectivity index (χ4v) is 2.27. The molecule has 15 heavy (non-hydrogen) atoms. The van der Waals surface area contributed by atoms with Crippen molar-refractivity contribution >= 4 is 38.5 Å². The lowest BCUT2D eigenvalue weighted by atomic mass is 10.2. The van der Waals surface area contributed by atoms with E-state index in [0.29, 0.717) is 10.9 Å². The molecular formula is C10H7BrFIN2. The lowest BCUT2D eigenvalue weighted by Gasteiger charge is -2.07. The zero-order valence-corrected chi connectivity index (χ0v) is 11.4. The first-order valence-corrected chi connectivity index (χ1v) is 6.46. The molecule has 2 aromatic rings. The molecule has 2 nitrogen and oxygen atoms in total. The van der Waals surface area contributed by atoms with E-state index in [1.54, 1.807) is 16.9 Å². The summed E-state index contributed by atoms with van der Waals surface area (Å²) in [6.07, 6.45) is 3.60. The predicted octanol–water partition coefficient (Wildman–Crippen LogP) is 3.51. The fourth-order valence-electron chi connectivity index (χ4n) is 1.33. The van der Waals surface area contributed by atoms with E-state index in [2.05, 4.69) is 43.6 Å². The summed E-state index contributed by atoms with van der Waals surface area (Å²) in [6.45, 7) is 0. The van der Waals surface area contributed by atoms with Crippen LogP contribution in [0.2, 0.25) is 0 Å². The number of alkyl halides is 1. The summed E-state index contributed by atoms with van der Waals surface area (Å²) >= 11 is 5.45. The van der Waals surface area contributed by atoms with Crippen LogP contribution in [0, 0.1) is 9.39 Å². The predicted molar refractivity (Wildman–Crippen MR) is 68.9 cm³/mol. The quantitative estimate of drug-likeness (QED) is 0.575. The second-order valence-electron chi connectivity index (χ2n) is 2.97. The molecule has 0 amide bonds. The molecule has 0 atom stereocenters. The molecule has 0 aliphatic rings. The second-order valence-corrected chi connectivity index (χ2v) is 4.78. The Hall–Kier alpha value is -0.430. The molecule has 0 aliphatic carbocycles. The van der Waals surface area contributed by atoms with Crippen LogP contribution in [-0.4, -0.2) is 9.78 Å². The third-order valence-electron chi connectivity index (χ3n) is 2.03. The minimum absolute atomic E-state index is 0.213.